The van der Waals surface area contributed by atoms with Gasteiger partial charge < -0.3 is 11.1 Å². The molecule has 0 heterocycles. The average molecular weight is 268 g/mol. The van der Waals surface area contributed by atoms with Crippen molar-refractivity contribution < 1.29 is 9.18 Å². The van der Waals surface area contributed by atoms with Crippen LogP contribution in [0.3, 0.4) is 0 Å². The number of hydrogen-bond acceptors (Lipinski definition) is 2. The van der Waals surface area contributed by atoms with E-state index in [9.17, 15) is 9.18 Å². The number of hydrogen-bond donors (Lipinski definition) is 2. The molecule has 0 saturated carbocycles. The van der Waals surface area contributed by atoms with E-state index in [0.29, 0.717) is 17.8 Å². The quantitative estimate of drug-likeness (QED) is 0.806. The molecule has 0 fully saturated rings. The molecule has 1 aromatic rings. The highest BCUT2D eigenvalue weighted by atomic mass is 32.1. The predicted molar refractivity (Wildman–Crippen MR) is 74.1 cm³/mol. The molecule has 98 valence electrons. The lowest BCUT2D eigenvalue weighted by Gasteiger charge is -2.16. The maximum atomic E-state index is 13.5. The summed E-state index contributed by atoms with van der Waals surface area (Å²) in [5, 5.41) is 2.74. The maximum Gasteiger partial charge on any atom is 0.254 e. The van der Waals surface area contributed by atoms with Crippen molar-refractivity contribution in [3.63, 3.8) is 0 Å². The van der Waals surface area contributed by atoms with Crippen LogP contribution in [-0.4, -0.2) is 16.9 Å². The molecule has 0 aromatic heterocycles. The Labute approximate surface area is 112 Å². The average Bonchev–Trinajstić information content (AvgIpc) is 2.30. The third-order valence-corrected chi connectivity index (χ3v) is 2.81. The van der Waals surface area contributed by atoms with Gasteiger partial charge in [-0.3, -0.25) is 4.79 Å². The van der Waals surface area contributed by atoms with Crippen LogP contribution in [0.1, 0.15) is 35.7 Å². The van der Waals surface area contributed by atoms with E-state index in [1.165, 1.54) is 12.1 Å². The highest BCUT2D eigenvalue weighted by Crippen LogP contribution is 2.11. The van der Waals surface area contributed by atoms with Crippen molar-refractivity contribution in [2.75, 3.05) is 0 Å². The van der Waals surface area contributed by atoms with Gasteiger partial charge in [-0.15, -0.1) is 0 Å². The summed E-state index contributed by atoms with van der Waals surface area (Å²) in [6, 6.07) is 4.28. The lowest BCUT2D eigenvalue weighted by Crippen LogP contribution is -2.37. The van der Waals surface area contributed by atoms with Crippen molar-refractivity contribution in [3.8, 4) is 0 Å². The molecule has 0 aliphatic carbocycles. The summed E-state index contributed by atoms with van der Waals surface area (Å²) in [6.45, 7) is 3.72. The van der Waals surface area contributed by atoms with Crippen molar-refractivity contribution in [2.45, 2.75) is 32.7 Å². The van der Waals surface area contributed by atoms with Crippen LogP contribution < -0.4 is 11.1 Å². The first-order valence-corrected chi connectivity index (χ1v) is 6.20. The van der Waals surface area contributed by atoms with Crippen molar-refractivity contribution in [3.05, 3.63) is 35.1 Å². The second-order valence-electron chi connectivity index (χ2n) is 4.23. The molecule has 1 unspecified atom stereocenters. The van der Waals surface area contributed by atoms with Crippen molar-refractivity contribution in [1.29, 1.82) is 0 Å². The van der Waals surface area contributed by atoms with Crippen molar-refractivity contribution >= 4 is 23.1 Å². The predicted octanol–water partition coefficient (Wildman–Crippen LogP) is 2.32. The molecule has 1 aromatic carbocycles. The van der Waals surface area contributed by atoms with E-state index in [1.54, 1.807) is 6.07 Å². The number of carbonyl (C=O) groups excluding carboxylic acids is 1. The van der Waals surface area contributed by atoms with Gasteiger partial charge in [-0.05, 0) is 25.5 Å². The highest BCUT2D eigenvalue weighted by Gasteiger charge is 2.16. The summed E-state index contributed by atoms with van der Waals surface area (Å²) in [6.07, 6.45) is 1.11. The number of amides is 1. The Morgan fingerprint density at radius 1 is 1.56 bits per heavy atom. The largest absolute Gasteiger partial charge is 0.393 e. The van der Waals surface area contributed by atoms with Crippen LogP contribution in [0.25, 0.3) is 0 Å². The van der Waals surface area contributed by atoms with Crippen LogP contribution in [0.15, 0.2) is 18.2 Å². The van der Waals surface area contributed by atoms with E-state index in [2.05, 4.69) is 5.32 Å². The summed E-state index contributed by atoms with van der Waals surface area (Å²) < 4.78 is 13.5. The molecule has 1 rings (SSSR count). The Morgan fingerprint density at radius 3 is 2.78 bits per heavy atom. The fourth-order valence-corrected chi connectivity index (χ4v) is 1.82. The molecule has 18 heavy (non-hydrogen) atoms. The first-order chi connectivity index (χ1) is 8.43. The molecule has 0 bridgehead atoms. The van der Waals surface area contributed by atoms with Crippen LogP contribution in [0.5, 0.6) is 0 Å². The van der Waals surface area contributed by atoms with Gasteiger partial charge >= 0.3 is 0 Å². The van der Waals surface area contributed by atoms with Crippen molar-refractivity contribution in [1.82, 2.24) is 5.32 Å². The minimum absolute atomic E-state index is 0.0522. The van der Waals surface area contributed by atoms with Crippen LogP contribution in [0, 0.1) is 12.7 Å². The summed E-state index contributed by atoms with van der Waals surface area (Å²) in [5.41, 5.74) is 6.33. The van der Waals surface area contributed by atoms with Crippen LogP contribution in [-0.2, 0) is 0 Å². The molecule has 1 atom stereocenters. The number of nitrogens with two attached hydrogens (primary N) is 1. The minimum Gasteiger partial charge on any atom is -0.393 e. The number of carbonyl (C=O) groups is 1. The summed E-state index contributed by atoms with van der Waals surface area (Å²) in [7, 11) is 0. The second kappa shape index (κ2) is 6.44. The second-order valence-corrected chi connectivity index (χ2v) is 4.76. The third-order valence-electron chi connectivity index (χ3n) is 2.64. The summed E-state index contributed by atoms with van der Waals surface area (Å²) in [4.78, 5) is 12.3. The van der Waals surface area contributed by atoms with E-state index in [4.69, 9.17) is 18.0 Å². The molecule has 1 amide bonds. The van der Waals surface area contributed by atoms with Gasteiger partial charge in [0.25, 0.3) is 5.91 Å². The van der Waals surface area contributed by atoms with E-state index in [1.807, 2.05) is 13.8 Å². The molecule has 5 heteroatoms. The van der Waals surface area contributed by atoms with Gasteiger partial charge in [0.15, 0.2) is 0 Å². The number of rotatable bonds is 5. The van der Waals surface area contributed by atoms with Gasteiger partial charge in [0, 0.05) is 12.5 Å². The molecule has 3 N–H and O–H groups in total. The smallest absolute Gasteiger partial charge is 0.254 e. The topological polar surface area (TPSA) is 55.1 Å². The van der Waals surface area contributed by atoms with Gasteiger partial charge in [-0.2, -0.15) is 0 Å². The lowest BCUT2D eigenvalue weighted by atomic mass is 10.1. The normalized spacial score (nSPS) is 11.9. The van der Waals surface area contributed by atoms with E-state index >= 15 is 0 Å². The van der Waals surface area contributed by atoms with Gasteiger partial charge in [0.05, 0.1) is 10.6 Å². The van der Waals surface area contributed by atoms with Crippen molar-refractivity contribution in [2.24, 2.45) is 5.73 Å². The van der Waals surface area contributed by atoms with Crippen LogP contribution in [0.4, 0.5) is 4.39 Å². The van der Waals surface area contributed by atoms with E-state index in [0.717, 1.165) is 5.56 Å². The lowest BCUT2D eigenvalue weighted by molar-refractivity contribution is 0.0933. The Hall–Kier alpha value is -1.49. The number of thiocarbonyl (C=S) groups is 1. The Balaban J connectivity index is 2.80. The molecule has 0 aliphatic rings. The summed E-state index contributed by atoms with van der Waals surface area (Å²) >= 11 is 4.81. The number of benzene rings is 1. The molecule has 0 aliphatic heterocycles. The molecule has 0 radical (unpaired) electrons. The Morgan fingerprint density at radius 2 is 2.22 bits per heavy atom. The zero-order valence-electron chi connectivity index (χ0n) is 10.5. The van der Waals surface area contributed by atoms with Crippen LogP contribution in [0.2, 0.25) is 0 Å². The van der Waals surface area contributed by atoms with E-state index < -0.39 is 11.7 Å². The Bertz CT molecular complexity index is 462. The number of halogens is 1. The van der Waals surface area contributed by atoms with Gasteiger partial charge in [-0.1, -0.05) is 30.8 Å². The maximum absolute atomic E-state index is 13.5. The monoisotopic (exact) mass is 268 g/mol. The third kappa shape index (κ3) is 4.07. The first kappa shape index (κ1) is 14.6. The zero-order valence-corrected chi connectivity index (χ0v) is 11.3. The van der Waals surface area contributed by atoms with E-state index in [-0.39, 0.29) is 11.6 Å². The minimum atomic E-state index is -0.525. The number of nitrogens with one attached hydrogen (secondary N) is 1. The SMILES string of the molecule is CCC(CC(N)=S)NC(=O)c1cc(C)ccc1F. The Kier molecular flexibility index (Phi) is 5.22. The standard InChI is InChI=1S/C13H17FN2OS/c1-3-9(7-12(15)18)16-13(17)10-6-8(2)4-5-11(10)14/h4-6,9H,3,7H2,1-2H3,(H2,15,18)(H,16,17). The first-order valence-electron chi connectivity index (χ1n) is 5.79. The highest BCUT2D eigenvalue weighted by molar-refractivity contribution is 7.80. The van der Waals surface area contributed by atoms with Gasteiger partial charge in [0.1, 0.15) is 5.82 Å². The van der Waals surface area contributed by atoms with Gasteiger partial charge in [0.2, 0.25) is 0 Å². The molecule has 0 spiro atoms. The molecule has 0 saturated heterocycles. The fraction of sp³-hybridized carbons (Fsp3) is 0.385. The molecular formula is C13H17FN2OS. The zero-order chi connectivity index (χ0) is 13.7. The molecular weight excluding hydrogens is 251 g/mol. The molecule has 3 nitrogen and oxygen atoms in total. The fourth-order valence-electron chi connectivity index (χ4n) is 1.62. The van der Waals surface area contributed by atoms with Gasteiger partial charge in [-0.25, -0.2) is 4.39 Å². The summed E-state index contributed by atoms with van der Waals surface area (Å²) in [5.74, 6) is -0.956. The van der Waals surface area contributed by atoms with Crippen LogP contribution >= 0.6 is 12.2 Å². The number of aryl methyl sites for hydroxylation is 1.